The largest absolute Gasteiger partial charge is 2.00 e. The molecule has 0 aromatic carbocycles. The molecule has 0 radical (unpaired) electrons. The SMILES string of the molecule is [CH2-][C@H](C)CC.[I-].[Mg+2]. The van der Waals surface area contributed by atoms with Crippen LogP contribution < -0.4 is 24.0 Å². The van der Waals surface area contributed by atoms with Crippen molar-refractivity contribution >= 4 is 23.1 Å². The molecule has 0 nitrogen and oxygen atoms in total. The Morgan fingerprint density at radius 2 is 1.71 bits per heavy atom. The van der Waals surface area contributed by atoms with Gasteiger partial charge in [0.1, 0.15) is 0 Å². The quantitative estimate of drug-likeness (QED) is 0.287. The van der Waals surface area contributed by atoms with Crippen molar-refractivity contribution in [1.82, 2.24) is 0 Å². The Balaban J connectivity index is -0.0000000800. The molecule has 0 aromatic heterocycles. The predicted octanol–water partition coefficient (Wildman–Crippen LogP) is -1.51. The molecule has 0 saturated heterocycles. The van der Waals surface area contributed by atoms with Crippen LogP contribution in [-0.4, -0.2) is 23.1 Å². The zero-order chi connectivity index (χ0) is 4.28. The zero-order valence-corrected chi connectivity index (χ0v) is 8.65. The molecule has 0 aliphatic carbocycles. The van der Waals surface area contributed by atoms with Gasteiger partial charge in [-0.1, -0.05) is 20.3 Å². The summed E-state index contributed by atoms with van der Waals surface area (Å²) in [4.78, 5) is 0. The van der Waals surface area contributed by atoms with Crippen LogP contribution in [0.1, 0.15) is 20.3 Å². The van der Waals surface area contributed by atoms with Crippen molar-refractivity contribution in [3.05, 3.63) is 6.92 Å². The summed E-state index contributed by atoms with van der Waals surface area (Å²) in [5, 5.41) is 0. The van der Waals surface area contributed by atoms with E-state index in [1.165, 1.54) is 6.42 Å². The molecule has 0 aliphatic heterocycles. The first kappa shape index (κ1) is 15.8. The van der Waals surface area contributed by atoms with Gasteiger partial charge in [-0.2, -0.15) is 5.92 Å². The summed E-state index contributed by atoms with van der Waals surface area (Å²) in [7, 11) is 0. The van der Waals surface area contributed by atoms with E-state index in [-0.39, 0.29) is 47.0 Å². The van der Waals surface area contributed by atoms with Crippen molar-refractivity contribution in [1.29, 1.82) is 0 Å². The summed E-state index contributed by atoms with van der Waals surface area (Å²) >= 11 is 0. The maximum absolute atomic E-state index is 3.76. The molecule has 0 aliphatic rings. The van der Waals surface area contributed by atoms with Gasteiger partial charge >= 0.3 is 23.1 Å². The summed E-state index contributed by atoms with van der Waals surface area (Å²) < 4.78 is 0. The maximum Gasteiger partial charge on any atom is 2.00 e. The van der Waals surface area contributed by atoms with E-state index < -0.39 is 0 Å². The van der Waals surface area contributed by atoms with Crippen LogP contribution in [0.25, 0.3) is 0 Å². The average Bonchev–Trinajstić information content (AvgIpc) is 1.38. The van der Waals surface area contributed by atoms with Crippen molar-refractivity contribution in [2.45, 2.75) is 20.3 Å². The normalized spacial score (nSPS) is 10.7. The van der Waals surface area contributed by atoms with Gasteiger partial charge in [0, 0.05) is 0 Å². The van der Waals surface area contributed by atoms with Gasteiger partial charge in [0.15, 0.2) is 0 Å². The molecule has 0 amide bonds. The van der Waals surface area contributed by atoms with Crippen LogP contribution in [0.4, 0.5) is 0 Å². The fourth-order valence-electron chi connectivity index (χ4n) is 0. The molecule has 0 heterocycles. The summed E-state index contributed by atoms with van der Waals surface area (Å²) in [5.74, 6) is 0.634. The minimum Gasteiger partial charge on any atom is -1.00 e. The van der Waals surface area contributed by atoms with E-state index in [0.29, 0.717) is 5.92 Å². The molecular weight excluding hydrogens is 211 g/mol. The molecule has 0 bridgehead atoms. The topological polar surface area (TPSA) is 0 Å². The smallest absolute Gasteiger partial charge is 1.00 e. The summed E-state index contributed by atoms with van der Waals surface area (Å²) in [6, 6.07) is 0. The van der Waals surface area contributed by atoms with Gasteiger partial charge < -0.3 is 30.9 Å². The van der Waals surface area contributed by atoms with Gasteiger partial charge in [0.2, 0.25) is 0 Å². The molecule has 0 fully saturated rings. The molecule has 2 heteroatoms. The van der Waals surface area contributed by atoms with Gasteiger partial charge in [-0.15, -0.1) is 0 Å². The molecule has 7 heavy (non-hydrogen) atoms. The van der Waals surface area contributed by atoms with Gasteiger partial charge in [0.25, 0.3) is 0 Å². The molecular formula is C5H11IMg. The molecule has 0 aromatic rings. The second-order valence-corrected chi connectivity index (χ2v) is 1.51. The molecule has 0 spiro atoms. The summed E-state index contributed by atoms with van der Waals surface area (Å²) in [6.07, 6.45) is 1.19. The van der Waals surface area contributed by atoms with E-state index in [1.807, 2.05) is 0 Å². The van der Waals surface area contributed by atoms with Crippen molar-refractivity contribution in [2.75, 3.05) is 0 Å². The Morgan fingerprint density at radius 1 is 1.57 bits per heavy atom. The fourth-order valence-corrected chi connectivity index (χ4v) is 0. The van der Waals surface area contributed by atoms with E-state index in [4.69, 9.17) is 0 Å². The Morgan fingerprint density at radius 3 is 1.71 bits per heavy atom. The molecule has 1 atom stereocenters. The Kier molecular flexibility index (Phi) is 23.6. The van der Waals surface area contributed by atoms with E-state index in [1.54, 1.807) is 0 Å². The van der Waals surface area contributed by atoms with Crippen molar-refractivity contribution in [2.24, 2.45) is 5.92 Å². The first-order valence-corrected chi connectivity index (χ1v) is 2.10. The summed E-state index contributed by atoms with van der Waals surface area (Å²) in [6.45, 7) is 8.00. The van der Waals surface area contributed by atoms with Gasteiger partial charge in [-0.3, -0.25) is 0 Å². The zero-order valence-electron chi connectivity index (χ0n) is 5.08. The predicted molar refractivity (Wildman–Crippen MR) is 30.6 cm³/mol. The molecule has 0 unspecified atom stereocenters. The van der Waals surface area contributed by atoms with Crippen LogP contribution in [0.15, 0.2) is 0 Å². The number of hydrogen-bond acceptors (Lipinski definition) is 0. The van der Waals surface area contributed by atoms with Gasteiger partial charge in [-0.25, -0.2) is 0 Å². The Hall–Kier alpha value is 1.50. The van der Waals surface area contributed by atoms with E-state index in [9.17, 15) is 0 Å². The van der Waals surface area contributed by atoms with Gasteiger partial charge in [-0.05, 0) is 0 Å². The third-order valence-electron chi connectivity index (χ3n) is 0.697. The van der Waals surface area contributed by atoms with Crippen LogP contribution >= 0.6 is 0 Å². The Labute approximate surface area is 79.6 Å². The van der Waals surface area contributed by atoms with Crippen molar-refractivity contribution < 1.29 is 24.0 Å². The van der Waals surface area contributed by atoms with E-state index in [2.05, 4.69) is 20.8 Å². The van der Waals surface area contributed by atoms with E-state index in [0.717, 1.165) is 0 Å². The minimum atomic E-state index is 0. The van der Waals surface area contributed by atoms with E-state index >= 15 is 0 Å². The second kappa shape index (κ2) is 10.5. The first-order chi connectivity index (χ1) is 2.27. The molecule has 0 saturated carbocycles. The average molecular weight is 222 g/mol. The maximum atomic E-state index is 3.76. The third-order valence-corrected chi connectivity index (χ3v) is 0.697. The molecule has 0 N–H and O–H groups in total. The van der Waals surface area contributed by atoms with Crippen molar-refractivity contribution in [3.63, 3.8) is 0 Å². The monoisotopic (exact) mass is 222 g/mol. The minimum absolute atomic E-state index is 0. The summed E-state index contributed by atoms with van der Waals surface area (Å²) in [5.41, 5.74) is 0. The number of rotatable bonds is 1. The first-order valence-electron chi connectivity index (χ1n) is 2.10. The van der Waals surface area contributed by atoms with Crippen LogP contribution in [0.3, 0.4) is 0 Å². The van der Waals surface area contributed by atoms with Crippen LogP contribution in [0.5, 0.6) is 0 Å². The standard InChI is InChI=1S/C5H11.HI.Mg/c1-4-5(2)3;;/h5H,2,4H2,1,3H3;1H;/q-1;;+2/p-1/t5-;;/m1../s1. The fraction of sp³-hybridized carbons (Fsp3) is 0.800. The second-order valence-electron chi connectivity index (χ2n) is 1.51. The third kappa shape index (κ3) is 18.5. The van der Waals surface area contributed by atoms with Crippen molar-refractivity contribution in [3.8, 4) is 0 Å². The van der Waals surface area contributed by atoms with Crippen LogP contribution in [-0.2, 0) is 0 Å². The molecule has 40 valence electrons. The van der Waals surface area contributed by atoms with Crippen LogP contribution in [0.2, 0.25) is 0 Å². The van der Waals surface area contributed by atoms with Gasteiger partial charge in [0.05, 0.1) is 0 Å². The van der Waals surface area contributed by atoms with Crippen LogP contribution in [0, 0.1) is 12.8 Å². The number of halogens is 1. The Bertz CT molecular complexity index is 22.0. The number of hydrogen-bond donors (Lipinski definition) is 0. The molecule has 0 rings (SSSR count).